The minimum Gasteiger partial charge on any atom is -0.730 e. The molecule has 0 saturated carbocycles. The van der Waals surface area contributed by atoms with Crippen molar-refractivity contribution in [3.63, 3.8) is 0 Å². The molecule has 0 aliphatic carbocycles. The topological polar surface area (TPSA) is 81.6 Å². The van der Waals surface area contributed by atoms with Gasteiger partial charge in [-0.25, -0.2) is 13.2 Å². The van der Waals surface area contributed by atoms with Gasteiger partial charge in [0.25, 0.3) is 0 Å². The molecular weight excluding hydrogens is 287 g/mol. The third-order valence-electron chi connectivity index (χ3n) is 2.36. The van der Waals surface area contributed by atoms with Gasteiger partial charge in [-0.2, -0.15) is 5.10 Å². The molecule has 98 valence electrons. The van der Waals surface area contributed by atoms with E-state index in [0.717, 1.165) is 0 Å². The van der Waals surface area contributed by atoms with Gasteiger partial charge in [0.1, 0.15) is 0 Å². The summed E-state index contributed by atoms with van der Waals surface area (Å²) < 4.78 is 31.9. The van der Waals surface area contributed by atoms with Crippen LogP contribution >= 0.6 is 0 Å². The molecule has 2 aromatic carbocycles. The summed E-state index contributed by atoms with van der Waals surface area (Å²) in [4.78, 5) is 1.62. The minimum atomic E-state index is -4.62. The van der Waals surface area contributed by atoms with Crippen LogP contribution in [0.25, 0.3) is 0 Å². The molecule has 0 unspecified atom stereocenters. The van der Waals surface area contributed by atoms with Gasteiger partial charge in [-0.1, -0.05) is 60.7 Å². The van der Waals surface area contributed by atoms with Gasteiger partial charge in [-0.05, 0) is 0 Å². The number of nitrogens with one attached hydrogen (secondary N) is 1. The maximum Gasteiger partial charge on any atom is 1.00 e. The molecule has 0 saturated heterocycles. The maximum atomic E-state index is 10.6. The van der Waals surface area contributed by atoms with E-state index in [-0.39, 0.29) is 29.6 Å². The summed E-state index contributed by atoms with van der Waals surface area (Å²) in [6.45, 7) is 0. The third kappa shape index (κ3) is 5.07. The first-order chi connectivity index (χ1) is 9.06. The van der Waals surface area contributed by atoms with Crippen LogP contribution in [0.3, 0.4) is 0 Å². The SMILES string of the molecule is O=S(=O)([O-])NN=C(c1ccccc1)c1ccccc1.[Na+]. The Balaban J connectivity index is 0.00000200. The average Bonchev–Trinajstić information content (AvgIpc) is 2.40. The Morgan fingerprint density at radius 3 is 1.65 bits per heavy atom. The van der Waals surface area contributed by atoms with E-state index >= 15 is 0 Å². The normalized spacial score (nSPS) is 10.2. The van der Waals surface area contributed by atoms with Crippen LogP contribution in [0.1, 0.15) is 11.1 Å². The van der Waals surface area contributed by atoms with Crippen LogP contribution in [0.4, 0.5) is 0 Å². The zero-order chi connectivity index (χ0) is 13.7. The van der Waals surface area contributed by atoms with E-state index < -0.39 is 10.3 Å². The van der Waals surface area contributed by atoms with E-state index in [4.69, 9.17) is 0 Å². The third-order valence-corrected chi connectivity index (χ3v) is 2.68. The minimum absolute atomic E-state index is 0. The zero-order valence-corrected chi connectivity index (χ0v) is 13.7. The molecule has 0 spiro atoms. The smallest absolute Gasteiger partial charge is 0.730 e. The Morgan fingerprint density at radius 1 is 0.900 bits per heavy atom. The van der Waals surface area contributed by atoms with E-state index in [1.165, 1.54) is 0 Å². The van der Waals surface area contributed by atoms with E-state index in [0.29, 0.717) is 16.8 Å². The second kappa shape index (κ2) is 7.56. The summed E-state index contributed by atoms with van der Waals surface area (Å²) in [7, 11) is -4.62. The van der Waals surface area contributed by atoms with Crippen molar-refractivity contribution in [2.45, 2.75) is 0 Å². The first-order valence-electron chi connectivity index (χ1n) is 5.47. The van der Waals surface area contributed by atoms with Crippen LogP contribution in [-0.2, 0) is 10.3 Å². The van der Waals surface area contributed by atoms with Gasteiger partial charge < -0.3 is 4.55 Å². The molecule has 0 heterocycles. The second-order valence-electron chi connectivity index (χ2n) is 3.74. The van der Waals surface area contributed by atoms with Crippen molar-refractivity contribution >= 4 is 16.0 Å². The predicted octanol–water partition coefficient (Wildman–Crippen LogP) is -1.51. The molecule has 0 amide bonds. The van der Waals surface area contributed by atoms with Gasteiger partial charge >= 0.3 is 29.6 Å². The molecule has 2 aromatic rings. The Morgan fingerprint density at radius 2 is 1.30 bits per heavy atom. The van der Waals surface area contributed by atoms with Gasteiger partial charge in [0.2, 0.25) is 0 Å². The second-order valence-corrected chi connectivity index (χ2v) is 4.83. The van der Waals surface area contributed by atoms with Gasteiger partial charge in [0.15, 0.2) is 10.3 Å². The largest absolute Gasteiger partial charge is 1.00 e. The quantitative estimate of drug-likeness (QED) is 0.322. The molecule has 0 atom stereocenters. The molecule has 7 heteroatoms. The maximum absolute atomic E-state index is 10.6. The number of benzene rings is 2. The standard InChI is InChI=1S/C13H12N2O3S.Na/c16-19(17,18)15-14-13(11-7-3-1-4-8-11)12-9-5-2-6-10-12;/h1-10,15H,(H,16,17,18);/q;+1/p-1. The Labute approximate surface area is 139 Å². The monoisotopic (exact) mass is 298 g/mol. The number of nitrogens with zero attached hydrogens (tertiary/aromatic N) is 1. The molecule has 0 radical (unpaired) electrons. The fraction of sp³-hybridized carbons (Fsp3) is 0. The fourth-order valence-corrected chi connectivity index (χ4v) is 1.79. The number of hydrazone groups is 1. The van der Waals surface area contributed by atoms with Crippen molar-refractivity contribution in [2.24, 2.45) is 5.10 Å². The van der Waals surface area contributed by atoms with Crippen LogP contribution in [0, 0.1) is 0 Å². The van der Waals surface area contributed by atoms with Crippen LogP contribution in [-0.4, -0.2) is 18.7 Å². The van der Waals surface area contributed by atoms with Crippen molar-refractivity contribution in [2.75, 3.05) is 0 Å². The average molecular weight is 298 g/mol. The summed E-state index contributed by atoms with van der Waals surface area (Å²) in [6, 6.07) is 18.0. The van der Waals surface area contributed by atoms with Crippen molar-refractivity contribution < 1.29 is 42.5 Å². The van der Waals surface area contributed by atoms with Crippen molar-refractivity contribution in [3.05, 3.63) is 71.8 Å². The van der Waals surface area contributed by atoms with Crippen molar-refractivity contribution in [1.82, 2.24) is 4.83 Å². The molecule has 0 aliphatic heterocycles. The molecular formula is C13H11N2NaO3S. The number of rotatable bonds is 4. The molecule has 5 nitrogen and oxygen atoms in total. The van der Waals surface area contributed by atoms with Crippen molar-refractivity contribution in [1.29, 1.82) is 0 Å². The van der Waals surface area contributed by atoms with Crippen LogP contribution in [0.5, 0.6) is 0 Å². The van der Waals surface area contributed by atoms with Crippen LogP contribution in [0.15, 0.2) is 65.8 Å². The summed E-state index contributed by atoms with van der Waals surface area (Å²) in [5.41, 5.74) is 1.82. The van der Waals surface area contributed by atoms with Gasteiger partial charge in [-0.3, -0.25) is 0 Å². The number of hydrogen-bond acceptors (Lipinski definition) is 4. The predicted molar refractivity (Wildman–Crippen MR) is 71.4 cm³/mol. The molecule has 2 rings (SSSR count). The summed E-state index contributed by atoms with van der Waals surface area (Å²) >= 11 is 0. The van der Waals surface area contributed by atoms with E-state index in [2.05, 4.69) is 5.10 Å². The molecule has 0 aromatic heterocycles. The molecule has 0 bridgehead atoms. The van der Waals surface area contributed by atoms with Gasteiger partial charge in [0, 0.05) is 11.1 Å². The van der Waals surface area contributed by atoms with E-state index in [1.807, 2.05) is 12.1 Å². The van der Waals surface area contributed by atoms with Gasteiger partial charge in [-0.15, -0.1) is 0 Å². The van der Waals surface area contributed by atoms with Crippen LogP contribution < -0.4 is 34.4 Å². The fourth-order valence-electron chi connectivity index (χ4n) is 1.59. The Hall–Kier alpha value is -1.18. The molecule has 1 N–H and O–H groups in total. The zero-order valence-electron chi connectivity index (χ0n) is 10.9. The first-order valence-corrected chi connectivity index (χ1v) is 6.88. The van der Waals surface area contributed by atoms with Crippen LogP contribution in [0.2, 0.25) is 0 Å². The summed E-state index contributed by atoms with van der Waals surface area (Å²) in [5, 5.41) is 3.70. The molecule has 0 fully saturated rings. The summed E-state index contributed by atoms with van der Waals surface area (Å²) in [5.74, 6) is 0. The molecule has 20 heavy (non-hydrogen) atoms. The molecule has 0 aliphatic rings. The van der Waals surface area contributed by atoms with E-state index in [9.17, 15) is 13.0 Å². The Kier molecular flexibility index (Phi) is 6.38. The van der Waals surface area contributed by atoms with Gasteiger partial charge in [0.05, 0.1) is 5.71 Å². The Bertz CT molecular complexity index is 632. The number of hydrogen-bond donors (Lipinski definition) is 1. The van der Waals surface area contributed by atoms with Crippen molar-refractivity contribution in [3.8, 4) is 0 Å². The van der Waals surface area contributed by atoms with E-state index in [1.54, 1.807) is 53.4 Å². The first kappa shape index (κ1) is 16.9. The summed E-state index contributed by atoms with van der Waals surface area (Å²) in [6.07, 6.45) is 0.